The van der Waals surface area contributed by atoms with Crippen LogP contribution in [0.15, 0.2) is 36.7 Å². The zero-order chi connectivity index (χ0) is 12.8. The fourth-order valence-corrected chi connectivity index (χ4v) is 1.75. The summed E-state index contributed by atoms with van der Waals surface area (Å²) < 4.78 is 0. The van der Waals surface area contributed by atoms with E-state index in [4.69, 9.17) is 0 Å². The first-order valence-electron chi connectivity index (χ1n) is 6.44. The number of hydrogen-bond donors (Lipinski definition) is 1. The summed E-state index contributed by atoms with van der Waals surface area (Å²) in [7, 11) is 0. The Balaban J connectivity index is 2.12. The molecule has 0 bridgehead atoms. The minimum absolute atomic E-state index is 0.790. The molecule has 3 nitrogen and oxygen atoms in total. The van der Waals surface area contributed by atoms with Crippen molar-refractivity contribution in [3.8, 4) is 11.4 Å². The summed E-state index contributed by atoms with van der Waals surface area (Å²) >= 11 is 0. The van der Waals surface area contributed by atoms with Gasteiger partial charge in [0, 0.05) is 30.1 Å². The average molecular weight is 241 g/mol. The van der Waals surface area contributed by atoms with Crippen LogP contribution in [0.3, 0.4) is 0 Å². The van der Waals surface area contributed by atoms with E-state index in [0.717, 1.165) is 36.5 Å². The lowest BCUT2D eigenvalue weighted by molar-refractivity contribution is 0.721. The summed E-state index contributed by atoms with van der Waals surface area (Å²) in [6, 6.07) is 8.42. The second-order valence-corrected chi connectivity index (χ2v) is 4.25. The Kier molecular flexibility index (Phi) is 4.42. The van der Waals surface area contributed by atoms with E-state index in [2.05, 4.69) is 53.4 Å². The first-order valence-corrected chi connectivity index (χ1v) is 6.44. The molecule has 0 aliphatic carbocycles. The van der Waals surface area contributed by atoms with Gasteiger partial charge >= 0.3 is 0 Å². The van der Waals surface area contributed by atoms with Crippen LogP contribution in [0.5, 0.6) is 0 Å². The van der Waals surface area contributed by atoms with Crippen molar-refractivity contribution in [1.29, 1.82) is 0 Å². The smallest absolute Gasteiger partial charge is 0.159 e. The van der Waals surface area contributed by atoms with E-state index >= 15 is 0 Å². The van der Waals surface area contributed by atoms with Crippen molar-refractivity contribution in [2.75, 3.05) is 6.54 Å². The predicted molar refractivity (Wildman–Crippen MR) is 74.2 cm³/mol. The van der Waals surface area contributed by atoms with Crippen LogP contribution in [0.1, 0.15) is 25.0 Å². The molecule has 0 saturated carbocycles. The SMILES string of the molecule is CCNCc1cnc(-c2ccc(CC)cc2)nc1. The van der Waals surface area contributed by atoms with E-state index in [0.29, 0.717) is 0 Å². The van der Waals surface area contributed by atoms with Gasteiger partial charge in [0.15, 0.2) is 5.82 Å². The Morgan fingerprint density at radius 2 is 1.61 bits per heavy atom. The number of aromatic nitrogens is 2. The van der Waals surface area contributed by atoms with Gasteiger partial charge in [0.05, 0.1) is 0 Å². The topological polar surface area (TPSA) is 37.8 Å². The highest BCUT2D eigenvalue weighted by Gasteiger charge is 2.01. The van der Waals surface area contributed by atoms with E-state index in [1.807, 2.05) is 12.4 Å². The monoisotopic (exact) mass is 241 g/mol. The van der Waals surface area contributed by atoms with Gasteiger partial charge in [0.1, 0.15) is 0 Å². The molecule has 2 rings (SSSR count). The highest BCUT2D eigenvalue weighted by Crippen LogP contribution is 2.15. The number of nitrogens with zero attached hydrogens (tertiary/aromatic N) is 2. The van der Waals surface area contributed by atoms with Crippen molar-refractivity contribution < 1.29 is 0 Å². The largest absolute Gasteiger partial charge is 0.313 e. The molecule has 0 radical (unpaired) electrons. The van der Waals surface area contributed by atoms with Crippen LogP contribution in [-0.4, -0.2) is 16.5 Å². The molecule has 0 aliphatic heterocycles. The van der Waals surface area contributed by atoms with Crippen molar-refractivity contribution in [2.24, 2.45) is 0 Å². The molecule has 1 aromatic carbocycles. The number of hydrogen-bond acceptors (Lipinski definition) is 3. The molecule has 18 heavy (non-hydrogen) atoms. The molecule has 3 heteroatoms. The van der Waals surface area contributed by atoms with Crippen molar-refractivity contribution in [2.45, 2.75) is 26.8 Å². The van der Waals surface area contributed by atoms with Crippen molar-refractivity contribution in [1.82, 2.24) is 15.3 Å². The summed E-state index contributed by atoms with van der Waals surface area (Å²) in [5, 5.41) is 3.26. The summed E-state index contributed by atoms with van der Waals surface area (Å²) in [5.41, 5.74) is 3.52. The van der Waals surface area contributed by atoms with E-state index in [9.17, 15) is 0 Å². The molecule has 1 N–H and O–H groups in total. The fraction of sp³-hybridized carbons (Fsp3) is 0.333. The molecule has 0 atom stereocenters. The average Bonchev–Trinajstić information content (AvgIpc) is 2.46. The molecule has 0 saturated heterocycles. The van der Waals surface area contributed by atoms with E-state index in [1.54, 1.807) is 0 Å². The van der Waals surface area contributed by atoms with E-state index < -0.39 is 0 Å². The first kappa shape index (κ1) is 12.7. The van der Waals surface area contributed by atoms with Gasteiger partial charge < -0.3 is 5.32 Å². The lowest BCUT2D eigenvalue weighted by Gasteiger charge is -2.04. The summed E-state index contributed by atoms with van der Waals surface area (Å²) in [6.45, 7) is 6.03. The second-order valence-electron chi connectivity index (χ2n) is 4.25. The van der Waals surface area contributed by atoms with Gasteiger partial charge in [-0.15, -0.1) is 0 Å². The third-order valence-corrected chi connectivity index (χ3v) is 2.90. The Morgan fingerprint density at radius 3 is 2.17 bits per heavy atom. The lowest BCUT2D eigenvalue weighted by atomic mass is 10.1. The molecule has 0 fully saturated rings. The summed E-state index contributed by atoms with van der Waals surface area (Å²) in [4.78, 5) is 8.81. The normalized spacial score (nSPS) is 10.6. The highest BCUT2D eigenvalue weighted by atomic mass is 14.9. The molecular formula is C15H19N3. The molecule has 0 amide bonds. The van der Waals surface area contributed by atoms with Crippen LogP contribution < -0.4 is 5.32 Å². The van der Waals surface area contributed by atoms with Crippen LogP contribution in [0.4, 0.5) is 0 Å². The minimum atomic E-state index is 0.790. The Morgan fingerprint density at radius 1 is 0.944 bits per heavy atom. The number of rotatable bonds is 5. The van der Waals surface area contributed by atoms with Gasteiger partial charge in [0.2, 0.25) is 0 Å². The zero-order valence-electron chi connectivity index (χ0n) is 11.0. The van der Waals surface area contributed by atoms with Gasteiger partial charge in [0.25, 0.3) is 0 Å². The third kappa shape index (κ3) is 3.14. The van der Waals surface area contributed by atoms with Crippen molar-refractivity contribution in [3.63, 3.8) is 0 Å². The van der Waals surface area contributed by atoms with Gasteiger partial charge in [-0.1, -0.05) is 38.1 Å². The van der Waals surface area contributed by atoms with E-state index in [-0.39, 0.29) is 0 Å². The molecule has 1 aromatic heterocycles. The minimum Gasteiger partial charge on any atom is -0.313 e. The Labute approximate surface area is 108 Å². The summed E-state index contributed by atoms with van der Waals surface area (Å²) in [6.07, 6.45) is 4.83. The first-order chi connectivity index (χ1) is 8.83. The molecule has 2 aromatic rings. The van der Waals surface area contributed by atoms with Gasteiger partial charge in [-0.3, -0.25) is 0 Å². The molecule has 94 valence electrons. The van der Waals surface area contributed by atoms with Crippen molar-refractivity contribution >= 4 is 0 Å². The Hall–Kier alpha value is -1.74. The molecule has 0 spiro atoms. The van der Waals surface area contributed by atoms with Gasteiger partial charge in [-0.2, -0.15) is 0 Å². The molecule has 1 heterocycles. The predicted octanol–water partition coefficient (Wildman–Crippen LogP) is 2.82. The van der Waals surface area contributed by atoms with E-state index in [1.165, 1.54) is 5.56 Å². The van der Waals surface area contributed by atoms with Gasteiger partial charge in [-0.25, -0.2) is 9.97 Å². The molecular weight excluding hydrogens is 222 g/mol. The maximum absolute atomic E-state index is 4.41. The molecule has 0 unspecified atom stereocenters. The standard InChI is InChI=1S/C15H19N3/c1-3-12-5-7-14(8-6-12)15-17-10-13(11-18-15)9-16-4-2/h5-8,10-11,16H,3-4,9H2,1-2H3. The maximum Gasteiger partial charge on any atom is 0.159 e. The van der Waals surface area contributed by atoms with Gasteiger partial charge in [-0.05, 0) is 18.5 Å². The van der Waals surface area contributed by atoms with Crippen molar-refractivity contribution in [3.05, 3.63) is 47.8 Å². The van der Waals surface area contributed by atoms with Crippen LogP contribution in [0, 0.1) is 0 Å². The van der Waals surface area contributed by atoms with Crippen LogP contribution in [0.25, 0.3) is 11.4 Å². The quantitative estimate of drug-likeness (QED) is 0.874. The molecule has 0 aliphatic rings. The van der Waals surface area contributed by atoms with Crippen LogP contribution in [-0.2, 0) is 13.0 Å². The number of benzene rings is 1. The Bertz CT molecular complexity index is 474. The number of nitrogens with one attached hydrogen (secondary N) is 1. The number of aryl methyl sites for hydroxylation is 1. The fourth-order valence-electron chi connectivity index (χ4n) is 1.75. The summed E-state index contributed by atoms with van der Waals surface area (Å²) in [5.74, 6) is 0.790. The third-order valence-electron chi connectivity index (χ3n) is 2.90. The zero-order valence-corrected chi connectivity index (χ0v) is 11.0. The van der Waals surface area contributed by atoms with Crippen LogP contribution >= 0.6 is 0 Å². The second kappa shape index (κ2) is 6.26. The van der Waals surface area contributed by atoms with Crippen LogP contribution in [0.2, 0.25) is 0 Å². The lowest BCUT2D eigenvalue weighted by Crippen LogP contribution is -2.12. The highest BCUT2D eigenvalue weighted by molar-refractivity contribution is 5.55. The maximum atomic E-state index is 4.41.